The van der Waals surface area contributed by atoms with Crippen molar-refractivity contribution in [1.82, 2.24) is 0 Å². The molecule has 0 spiro atoms. The summed E-state index contributed by atoms with van der Waals surface area (Å²) >= 11 is 0. The van der Waals surface area contributed by atoms with Crippen molar-refractivity contribution < 1.29 is 42.2 Å². The summed E-state index contributed by atoms with van der Waals surface area (Å²) in [5, 5.41) is 10.2. The Morgan fingerprint density at radius 2 is 1.56 bits per heavy atom. The number of halogens is 3. The molecule has 4 N–H and O–H groups in total. The van der Waals surface area contributed by atoms with Crippen LogP contribution in [0.4, 0.5) is 18.9 Å². The number of carbonyl (C=O) groups excluding carboxylic acids is 3. The molecule has 170 valence electrons. The molecular formula is C21H19F3N2O6. The third kappa shape index (κ3) is 5.70. The summed E-state index contributed by atoms with van der Waals surface area (Å²) in [5.74, 6) is -3.61. The summed E-state index contributed by atoms with van der Waals surface area (Å²) in [6.07, 6.45) is -5.08. The summed E-state index contributed by atoms with van der Waals surface area (Å²) in [6, 6.07) is 11.2. The molecule has 2 aromatic carbocycles. The molecule has 32 heavy (non-hydrogen) atoms. The highest BCUT2D eigenvalue weighted by Crippen LogP contribution is 2.31. The van der Waals surface area contributed by atoms with E-state index in [0.717, 1.165) is 0 Å². The van der Waals surface area contributed by atoms with Gasteiger partial charge >= 0.3 is 18.1 Å². The van der Waals surface area contributed by atoms with Crippen LogP contribution in [0, 0.1) is 0 Å². The first-order valence-electron chi connectivity index (χ1n) is 9.22. The van der Waals surface area contributed by atoms with Crippen molar-refractivity contribution in [2.45, 2.75) is 19.1 Å². The van der Waals surface area contributed by atoms with Crippen LogP contribution < -0.4 is 11.1 Å². The Labute approximate surface area is 180 Å². The predicted octanol–water partition coefficient (Wildman–Crippen LogP) is 2.40. The van der Waals surface area contributed by atoms with E-state index in [4.69, 9.17) is 20.4 Å². The Bertz CT molecular complexity index is 1050. The number of carbonyl (C=O) groups is 4. The lowest BCUT2D eigenvalue weighted by Crippen LogP contribution is -2.30. The van der Waals surface area contributed by atoms with E-state index >= 15 is 0 Å². The quantitative estimate of drug-likeness (QED) is 0.397. The number of alkyl halides is 3. The van der Waals surface area contributed by atoms with Gasteiger partial charge in [-0.1, -0.05) is 36.4 Å². The average Bonchev–Trinajstić information content (AvgIpc) is 2.74. The highest BCUT2D eigenvalue weighted by Gasteiger charge is 2.38. The van der Waals surface area contributed by atoms with Crippen LogP contribution in [0.2, 0.25) is 0 Å². The van der Waals surface area contributed by atoms with Gasteiger partial charge in [-0.2, -0.15) is 13.2 Å². The monoisotopic (exact) mass is 452 g/mol. The molecule has 0 heterocycles. The Balaban J connectivity index is 0.000000451. The number of esters is 1. The maximum absolute atomic E-state index is 12.8. The van der Waals surface area contributed by atoms with E-state index in [0.29, 0.717) is 34.5 Å². The zero-order valence-electron chi connectivity index (χ0n) is 16.7. The Morgan fingerprint density at radius 3 is 2.09 bits per heavy atom. The molecule has 0 unspecified atom stereocenters. The number of hydrogen-bond acceptors (Lipinski definition) is 7. The van der Waals surface area contributed by atoms with Crippen molar-refractivity contribution in [1.29, 1.82) is 0 Å². The summed E-state index contributed by atoms with van der Waals surface area (Å²) in [5.41, 5.74) is 7.51. The highest BCUT2D eigenvalue weighted by atomic mass is 19.4. The molecule has 2 aromatic rings. The third-order valence-electron chi connectivity index (χ3n) is 4.23. The number of carboxylic acids is 1. The van der Waals surface area contributed by atoms with Crippen LogP contribution >= 0.6 is 0 Å². The normalized spacial score (nSPS) is 13.2. The molecule has 0 aromatic heterocycles. The standard InChI is InChI=1S/C19H18N2O4.C2HF3O2/c1-11(20)19(24)25-10-9-21-15-8-4-7-14-16(15)18(23)13-6-3-2-5-12(13)17(14)22;3-2(4,5)1(6)7/h2-8,11,21H,9-10,20H2,1H3;(H,6,7)/t11-;/m0./s1. The van der Waals surface area contributed by atoms with Gasteiger partial charge in [-0.15, -0.1) is 0 Å². The van der Waals surface area contributed by atoms with E-state index in [9.17, 15) is 27.6 Å². The fraction of sp³-hybridized carbons (Fsp3) is 0.238. The third-order valence-corrected chi connectivity index (χ3v) is 4.23. The SMILES string of the molecule is C[C@H](N)C(=O)OCCNc1cccc2c1C(=O)c1ccccc1C2=O.O=C(O)C(F)(F)F. The number of aliphatic carboxylic acids is 1. The van der Waals surface area contributed by atoms with Gasteiger partial charge in [0.15, 0.2) is 11.6 Å². The molecule has 0 fully saturated rings. The molecular weight excluding hydrogens is 433 g/mol. The minimum absolute atomic E-state index is 0.114. The summed E-state index contributed by atoms with van der Waals surface area (Å²) in [4.78, 5) is 45.7. The lowest BCUT2D eigenvalue weighted by Gasteiger charge is -2.20. The number of benzene rings is 2. The molecule has 0 bridgehead atoms. The Kier molecular flexibility index (Phi) is 7.71. The number of ketones is 2. The molecule has 8 nitrogen and oxygen atoms in total. The zero-order chi connectivity index (χ0) is 24.1. The van der Waals surface area contributed by atoms with Gasteiger partial charge in [0.2, 0.25) is 0 Å². The predicted molar refractivity (Wildman–Crippen MR) is 107 cm³/mol. The minimum atomic E-state index is -5.08. The minimum Gasteiger partial charge on any atom is -0.475 e. The second-order valence-corrected chi connectivity index (χ2v) is 6.62. The van der Waals surface area contributed by atoms with Crippen molar-refractivity contribution in [2.24, 2.45) is 5.73 Å². The van der Waals surface area contributed by atoms with Crippen molar-refractivity contribution >= 4 is 29.2 Å². The molecule has 11 heteroatoms. The van der Waals surface area contributed by atoms with Crippen LogP contribution in [0.3, 0.4) is 0 Å². The lowest BCUT2D eigenvalue weighted by atomic mass is 9.83. The maximum Gasteiger partial charge on any atom is 0.490 e. The first-order valence-corrected chi connectivity index (χ1v) is 9.22. The number of carboxylic acid groups (broad SMARTS) is 1. The van der Waals surface area contributed by atoms with Gasteiger partial charge in [0.25, 0.3) is 0 Å². The summed E-state index contributed by atoms with van der Waals surface area (Å²) < 4.78 is 36.7. The number of hydrogen-bond donors (Lipinski definition) is 3. The fourth-order valence-electron chi connectivity index (χ4n) is 2.76. The van der Waals surface area contributed by atoms with Crippen LogP contribution in [0.15, 0.2) is 42.5 Å². The number of ether oxygens (including phenoxy) is 1. The summed E-state index contributed by atoms with van der Waals surface area (Å²) in [6.45, 7) is 1.96. The second-order valence-electron chi connectivity index (χ2n) is 6.62. The van der Waals surface area contributed by atoms with E-state index in [1.165, 1.54) is 0 Å². The molecule has 1 aliphatic rings. The van der Waals surface area contributed by atoms with Crippen molar-refractivity contribution in [3.8, 4) is 0 Å². The van der Waals surface area contributed by atoms with Crippen molar-refractivity contribution in [2.75, 3.05) is 18.5 Å². The van der Waals surface area contributed by atoms with Crippen molar-refractivity contribution in [3.63, 3.8) is 0 Å². The zero-order valence-corrected chi connectivity index (χ0v) is 16.7. The molecule has 0 radical (unpaired) electrons. The van der Waals surface area contributed by atoms with Gasteiger partial charge in [-0.25, -0.2) is 4.79 Å². The molecule has 0 saturated carbocycles. The topological polar surface area (TPSA) is 136 Å². The first kappa shape index (κ1) is 24.5. The molecule has 1 aliphatic carbocycles. The maximum atomic E-state index is 12.8. The van der Waals surface area contributed by atoms with Gasteiger partial charge < -0.3 is 20.9 Å². The Hall–Kier alpha value is -3.73. The van der Waals surface area contributed by atoms with E-state index in [1.807, 2.05) is 0 Å². The molecule has 0 aliphatic heterocycles. The molecule has 0 amide bonds. The van der Waals surface area contributed by atoms with Crippen LogP contribution in [-0.2, 0) is 14.3 Å². The fourth-order valence-corrected chi connectivity index (χ4v) is 2.76. The number of fused-ring (bicyclic) bond motifs is 2. The van der Waals surface area contributed by atoms with Crippen LogP contribution in [-0.4, -0.2) is 54.0 Å². The number of nitrogens with one attached hydrogen (secondary N) is 1. The van der Waals surface area contributed by atoms with E-state index in [-0.39, 0.29) is 18.2 Å². The number of nitrogens with two attached hydrogens (primary N) is 1. The average molecular weight is 452 g/mol. The largest absolute Gasteiger partial charge is 0.490 e. The lowest BCUT2D eigenvalue weighted by molar-refractivity contribution is -0.192. The number of rotatable bonds is 5. The van der Waals surface area contributed by atoms with Crippen LogP contribution in [0.25, 0.3) is 0 Å². The smallest absolute Gasteiger partial charge is 0.475 e. The highest BCUT2D eigenvalue weighted by molar-refractivity contribution is 6.30. The van der Waals surface area contributed by atoms with Gasteiger partial charge in [-0.05, 0) is 13.0 Å². The second kappa shape index (κ2) is 10.1. The Morgan fingerprint density at radius 1 is 1.03 bits per heavy atom. The first-order chi connectivity index (χ1) is 14.9. The van der Waals surface area contributed by atoms with E-state index in [1.54, 1.807) is 49.4 Å². The van der Waals surface area contributed by atoms with Gasteiger partial charge in [0.1, 0.15) is 12.6 Å². The summed E-state index contributed by atoms with van der Waals surface area (Å²) in [7, 11) is 0. The van der Waals surface area contributed by atoms with Crippen molar-refractivity contribution in [3.05, 3.63) is 64.7 Å². The molecule has 3 rings (SSSR count). The van der Waals surface area contributed by atoms with Gasteiger partial charge in [-0.3, -0.25) is 14.4 Å². The molecule has 1 atom stereocenters. The van der Waals surface area contributed by atoms with Gasteiger partial charge in [0, 0.05) is 28.9 Å². The van der Waals surface area contributed by atoms with Gasteiger partial charge in [0.05, 0.1) is 5.56 Å². The van der Waals surface area contributed by atoms with E-state index in [2.05, 4.69) is 5.32 Å². The number of anilines is 1. The van der Waals surface area contributed by atoms with Crippen LogP contribution in [0.1, 0.15) is 38.8 Å². The van der Waals surface area contributed by atoms with E-state index < -0.39 is 24.2 Å². The molecule has 0 saturated heterocycles. The van der Waals surface area contributed by atoms with Crippen LogP contribution in [0.5, 0.6) is 0 Å².